The Bertz CT molecular complexity index is 231. The fourth-order valence-electron chi connectivity index (χ4n) is 0.589. The molecule has 0 nitrogen and oxygen atoms in total. The van der Waals surface area contributed by atoms with Crippen LogP contribution in [0.25, 0.3) is 6.08 Å². The molecule has 0 amide bonds. The van der Waals surface area contributed by atoms with Gasteiger partial charge in [-0.2, -0.15) is 0 Å². The van der Waals surface area contributed by atoms with Crippen LogP contribution >= 0.6 is 11.6 Å². The minimum atomic E-state index is 1.17. The first kappa shape index (κ1) is 15.2. The molecule has 0 saturated carbocycles. The highest BCUT2D eigenvalue weighted by Gasteiger charge is 1.75. The number of allylic oxidation sites excluding steroid dienone is 1. The molecule has 14 heavy (non-hydrogen) atoms. The fourth-order valence-corrected chi connectivity index (χ4v) is 0.589. The van der Waals surface area contributed by atoms with E-state index in [1.54, 1.807) is 6.08 Å². The lowest BCUT2D eigenvalue weighted by Gasteiger charge is -1.85. The van der Waals surface area contributed by atoms with Gasteiger partial charge in [0, 0.05) is 0 Å². The number of hydrogen-bond acceptors (Lipinski definition) is 0. The average Bonchev–Trinajstić information content (AvgIpc) is 2.21. The average molecular weight is 209 g/mol. The number of rotatable bonds is 1. The van der Waals surface area contributed by atoms with Crippen molar-refractivity contribution in [2.45, 2.75) is 6.92 Å². The highest BCUT2D eigenvalue weighted by atomic mass is 35.5. The number of hydrogen-bond donors (Lipinski definition) is 0. The van der Waals surface area contributed by atoms with E-state index in [0.717, 1.165) is 0 Å². The van der Waals surface area contributed by atoms with Crippen molar-refractivity contribution < 1.29 is 0 Å². The minimum Gasteiger partial charge on any atom is -0.103 e. The van der Waals surface area contributed by atoms with Gasteiger partial charge in [-0.15, -0.1) is 6.58 Å². The van der Waals surface area contributed by atoms with Crippen LogP contribution in [0.4, 0.5) is 0 Å². The van der Waals surface area contributed by atoms with E-state index in [-0.39, 0.29) is 0 Å². The molecule has 0 radical (unpaired) electrons. The second kappa shape index (κ2) is 14.3. The van der Waals surface area contributed by atoms with E-state index in [4.69, 9.17) is 11.6 Å². The van der Waals surface area contributed by atoms with Gasteiger partial charge in [-0.3, -0.25) is 0 Å². The Balaban J connectivity index is 0. The van der Waals surface area contributed by atoms with Crippen molar-refractivity contribution in [1.29, 1.82) is 0 Å². The summed E-state index contributed by atoms with van der Waals surface area (Å²) < 4.78 is 0. The van der Waals surface area contributed by atoms with Crippen LogP contribution in [0.5, 0.6) is 0 Å². The number of benzene rings is 1. The van der Waals surface area contributed by atoms with E-state index in [1.165, 1.54) is 11.1 Å². The van der Waals surface area contributed by atoms with Crippen molar-refractivity contribution >= 4 is 17.7 Å². The first-order chi connectivity index (χ1) is 6.76. The standard InChI is InChI=1S/C8H8.C3H6.C2H3Cl/c1-2-8-6-4-3-5-7-8;1-3-2;1-2-3/h2-7H,1H2;3H,1H2,2H3;2H,1H2. The second-order valence-corrected chi connectivity index (χ2v) is 2.49. The molecular weight excluding hydrogens is 192 g/mol. The van der Waals surface area contributed by atoms with Crippen LogP contribution < -0.4 is 0 Å². The maximum Gasteiger partial charge on any atom is -0.00296 e. The Hall–Kier alpha value is -1.27. The van der Waals surface area contributed by atoms with Crippen molar-refractivity contribution in [1.82, 2.24) is 0 Å². The van der Waals surface area contributed by atoms with Crippen LogP contribution in [0.2, 0.25) is 0 Å². The van der Waals surface area contributed by atoms with Gasteiger partial charge in [0.2, 0.25) is 0 Å². The number of halogens is 1. The third kappa shape index (κ3) is 13.3. The van der Waals surface area contributed by atoms with Gasteiger partial charge >= 0.3 is 0 Å². The third-order valence-electron chi connectivity index (χ3n) is 1.04. The van der Waals surface area contributed by atoms with Crippen molar-refractivity contribution in [2.24, 2.45) is 0 Å². The van der Waals surface area contributed by atoms with E-state index in [2.05, 4.69) is 19.7 Å². The third-order valence-corrected chi connectivity index (χ3v) is 1.04. The fraction of sp³-hybridized carbons (Fsp3) is 0.0769. The largest absolute Gasteiger partial charge is 0.103 e. The van der Waals surface area contributed by atoms with Gasteiger partial charge in [0.15, 0.2) is 0 Å². The molecule has 1 rings (SSSR count). The zero-order valence-corrected chi connectivity index (χ0v) is 9.37. The molecule has 0 fully saturated rings. The molecule has 0 aromatic heterocycles. The van der Waals surface area contributed by atoms with Crippen LogP contribution in [0.15, 0.2) is 61.7 Å². The summed E-state index contributed by atoms with van der Waals surface area (Å²) in [6.07, 6.45) is 3.58. The Labute approximate surface area is 92.2 Å². The van der Waals surface area contributed by atoms with Crippen LogP contribution in [0, 0.1) is 0 Å². The zero-order chi connectivity index (χ0) is 11.2. The summed E-state index contributed by atoms with van der Waals surface area (Å²) in [6, 6.07) is 10.0. The van der Waals surface area contributed by atoms with Crippen LogP contribution in [-0.2, 0) is 0 Å². The summed E-state index contributed by atoms with van der Waals surface area (Å²) in [5.41, 5.74) is 2.40. The molecule has 0 heterocycles. The normalized spacial score (nSPS) is 6.71. The van der Waals surface area contributed by atoms with Crippen molar-refractivity contribution in [3.63, 3.8) is 0 Å². The quantitative estimate of drug-likeness (QED) is 0.577. The predicted octanol–water partition coefficient (Wildman–Crippen LogP) is 4.89. The molecule has 0 N–H and O–H groups in total. The van der Waals surface area contributed by atoms with Gasteiger partial charge in [0.25, 0.3) is 0 Å². The monoisotopic (exact) mass is 208 g/mol. The summed E-state index contributed by atoms with van der Waals surface area (Å²) in [5, 5.41) is 0. The first-order valence-corrected chi connectivity index (χ1v) is 4.66. The molecule has 0 saturated heterocycles. The summed E-state index contributed by atoms with van der Waals surface area (Å²) in [4.78, 5) is 0. The van der Waals surface area contributed by atoms with E-state index >= 15 is 0 Å². The topological polar surface area (TPSA) is 0 Å². The molecule has 1 aromatic rings. The van der Waals surface area contributed by atoms with E-state index < -0.39 is 0 Å². The molecule has 1 heteroatoms. The van der Waals surface area contributed by atoms with E-state index in [9.17, 15) is 0 Å². The van der Waals surface area contributed by atoms with Gasteiger partial charge in [-0.05, 0) is 18.0 Å². The molecule has 1 aromatic carbocycles. The predicted molar refractivity (Wildman–Crippen MR) is 68.5 cm³/mol. The lowest BCUT2D eigenvalue weighted by Crippen LogP contribution is -1.63. The summed E-state index contributed by atoms with van der Waals surface area (Å²) in [7, 11) is 0. The molecule has 0 aliphatic heterocycles. The van der Waals surface area contributed by atoms with Gasteiger partial charge in [-0.1, -0.05) is 67.2 Å². The maximum atomic E-state index is 4.76. The van der Waals surface area contributed by atoms with Crippen molar-refractivity contribution in [3.8, 4) is 0 Å². The summed E-state index contributed by atoms with van der Waals surface area (Å²) in [6.45, 7) is 12.0. The molecule has 0 unspecified atom stereocenters. The molecule has 0 bridgehead atoms. The van der Waals surface area contributed by atoms with Crippen molar-refractivity contribution in [2.75, 3.05) is 0 Å². The summed E-state index contributed by atoms with van der Waals surface area (Å²) in [5.74, 6) is 0. The van der Waals surface area contributed by atoms with Gasteiger partial charge in [-0.25, -0.2) is 0 Å². The Kier molecular flexibility index (Phi) is 15.5. The second-order valence-electron chi connectivity index (χ2n) is 2.18. The van der Waals surface area contributed by atoms with Crippen LogP contribution in [-0.4, -0.2) is 0 Å². The molecule has 76 valence electrons. The van der Waals surface area contributed by atoms with Gasteiger partial charge in [0.1, 0.15) is 0 Å². The van der Waals surface area contributed by atoms with Crippen LogP contribution in [0.3, 0.4) is 0 Å². The molecule has 0 aliphatic carbocycles. The molecular formula is C13H17Cl. The lowest BCUT2D eigenvalue weighted by molar-refractivity contribution is 1.67. The van der Waals surface area contributed by atoms with Gasteiger partial charge in [0.05, 0.1) is 0 Å². The van der Waals surface area contributed by atoms with Crippen molar-refractivity contribution in [3.05, 3.63) is 67.2 Å². The SMILES string of the molecule is C=CC.C=CCl.C=Cc1ccccc1. The maximum absolute atomic E-state index is 4.76. The molecule has 0 atom stereocenters. The lowest BCUT2D eigenvalue weighted by atomic mass is 10.2. The van der Waals surface area contributed by atoms with E-state index in [1.807, 2.05) is 43.3 Å². The highest BCUT2D eigenvalue weighted by Crippen LogP contribution is 1.97. The zero-order valence-electron chi connectivity index (χ0n) is 8.62. The van der Waals surface area contributed by atoms with Crippen LogP contribution in [0.1, 0.15) is 12.5 Å². The smallest absolute Gasteiger partial charge is 0.00296 e. The summed E-state index contributed by atoms with van der Waals surface area (Å²) >= 11 is 4.76. The first-order valence-electron chi connectivity index (χ1n) is 4.22. The minimum absolute atomic E-state index is 1.17. The molecule has 0 spiro atoms. The Morgan fingerprint density at radius 1 is 1.07 bits per heavy atom. The highest BCUT2D eigenvalue weighted by molar-refractivity contribution is 6.25. The Morgan fingerprint density at radius 3 is 1.64 bits per heavy atom. The molecule has 0 aliphatic rings. The Morgan fingerprint density at radius 2 is 1.43 bits per heavy atom. The van der Waals surface area contributed by atoms with Gasteiger partial charge < -0.3 is 0 Å². The van der Waals surface area contributed by atoms with E-state index in [0.29, 0.717) is 0 Å².